The van der Waals surface area contributed by atoms with E-state index in [1.54, 1.807) is 18.2 Å². The maximum absolute atomic E-state index is 12.9. The fraction of sp³-hybridized carbons (Fsp3) is 0.571. The topological polar surface area (TPSA) is 72.9 Å². The molecule has 1 aliphatic heterocycles. The Kier molecular flexibility index (Phi) is 6.99. The Labute approximate surface area is 160 Å². The molecule has 0 bridgehead atoms. The number of amides is 1. The third-order valence-corrected chi connectivity index (χ3v) is 4.61. The van der Waals surface area contributed by atoms with Crippen LogP contribution in [-0.2, 0) is 14.3 Å². The molecule has 6 nitrogen and oxygen atoms in total. The number of hydrogen-bond acceptors (Lipinski definition) is 5. The lowest BCUT2D eigenvalue weighted by atomic mass is 10.0. The van der Waals surface area contributed by atoms with Crippen molar-refractivity contribution < 1.29 is 23.9 Å². The molecule has 1 aromatic rings. The van der Waals surface area contributed by atoms with Crippen LogP contribution in [0, 0.1) is 5.92 Å². The predicted molar refractivity (Wildman–Crippen MR) is 103 cm³/mol. The number of ether oxygens (including phenoxy) is 2. The Morgan fingerprint density at radius 3 is 2.52 bits per heavy atom. The molecule has 0 aliphatic carbocycles. The van der Waals surface area contributed by atoms with E-state index in [9.17, 15) is 14.4 Å². The lowest BCUT2D eigenvalue weighted by Crippen LogP contribution is -2.50. The molecule has 0 spiro atoms. The zero-order chi connectivity index (χ0) is 20.1. The Morgan fingerprint density at radius 2 is 1.93 bits per heavy atom. The molecular weight excluding hydrogens is 346 g/mol. The molecule has 6 heteroatoms. The molecule has 0 aromatic heterocycles. The van der Waals surface area contributed by atoms with Gasteiger partial charge < -0.3 is 9.47 Å². The Morgan fingerprint density at radius 1 is 1.22 bits per heavy atom. The number of Topliss-reactive ketones (excluding diaryl/α,β-unsaturated/α-hetero) is 1. The molecule has 1 amide bonds. The Balaban J connectivity index is 2.37. The number of carbonyl (C=O) groups is 3. The zero-order valence-corrected chi connectivity index (χ0v) is 16.8. The van der Waals surface area contributed by atoms with Crippen molar-refractivity contribution in [1.82, 2.24) is 0 Å². The molecule has 0 fully saturated rings. The summed E-state index contributed by atoms with van der Waals surface area (Å²) in [6.07, 6.45) is 0.978. The van der Waals surface area contributed by atoms with E-state index in [4.69, 9.17) is 9.47 Å². The first-order chi connectivity index (χ1) is 12.8. The number of rotatable bonds is 8. The van der Waals surface area contributed by atoms with Gasteiger partial charge in [-0.05, 0) is 43.9 Å². The first kappa shape index (κ1) is 20.9. The van der Waals surface area contributed by atoms with Crippen LogP contribution >= 0.6 is 0 Å². The van der Waals surface area contributed by atoms with Gasteiger partial charge in [0.1, 0.15) is 12.3 Å². The molecule has 1 aliphatic rings. The number of hydrogen-bond donors (Lipinski definition) is 0. The van der Waals surface area contributed by atoms with Crippen molar-refractivity contribution in [3.8, 4) is 5.75 Å². The van der Waals surface area contributed by atoms with Crippen LogP contribution in [0.25, 0.3) is 0 Å². The van der Waals surface area contributed by atoms with Crippen LogP contribution in [0.1, 0.15) is 64.2 Å². The molecule has 1 aromatic carbocycles. The van der Waals surface area contributed by atoms with Crippen LogP contribution in [0.5, 0.6) is 5.75 Å². The van der Waals surface area contributed by atoms with E-state index in [2.05, 4.69) is 0 Å². The molecular formula is C21H29NO5. The number of fused-ring (bicyclic) bond motifs is 1. The van der Waals surface area contributed by atoms with Gasteiger partial charge in [-0.1, -0.05) is 27.7 Å². The SMILES string of the molecule is CCCC(=O)c1ccc2c(c1)N(CC(=O)OC(C)CC)C(=O)C(C(C)C)O2. The standard InChI is InChI=1S/C21H29NO5/c1-6-8-17(23)15-9-10-18-16(11-15)22(12-19(24)26-14(5)7-2)21(25)20(27-18)13(3)4/h9-11,13-14,20H,6-8,12H2,1-5H3. The van der Waals surface area contributed by atoms with Gasteiger partial charge in [0.15, 0.2) is 11.9 Å². The molecule has 0 saturated carbocycles. The maximum Gasteiger partial charge on any atom is 0.326 e. The lowest BCUT2D eigenvalue weighted by Gasteiger charge is -2.35. The second-order valence-electron chi connectivity index (χ2n) is 7.27. The number of ketones is 1. The van der Waals surface area contributed by atoms with E-state index in [1.165, 1.54) is 4.90 Å². The second-order valence-corrected chi connectivity index (χ2v) is 7.27. The van der Waals surface area contributed by atoms with Crippen molar-refractivity contribution in [1.29, 1.82) is 0 Å². The Bertz CT molecular complexity index is 713. The lowest BCUT2D eigenvalue weighted by molar-refractivity contribution is -0.148. The van der Waals surface area contributed by atoms with Gasteiger partial charge in [-0.15, -0.1) is 0 Å². The second kappa shape index (κ2) is 9.02. The van der Waals surface area contributed by atoms with E-state index in [1.807, 2.05) is 34.6 Å². The summed E-state index contributed by atoms with van der Waals surface area (Å²) in [6.45, 7) is 9.26. The summed E-state index contributed by atoms with van der Waals surface area (Å²) in [6, 6.07) is 5.05. The van der Waals surface area contributed by atoms with Gasteiger partial charge in [-0.3, -0.25) is 19.3 Å². The van der Waals surface area contributed by atoms with Crippen LogP contribution in [0.2, 0.25) is 0 Å². The number of benzene rings is 1. The number of carbonyl (C=O) groups excluding carboxylic acids is 3. The van der Waals surface area contributed by atoms with Crippen molar-refractivity contribution in [2.75, 3.05) is 11.4 Å². The highest BCUT2D eigenvalue weighted by Crippen LogP contribution is 2.36. The van der Waals surface area contributed by atoms with Crippen LogP contribution < -0.4 is 9.64 Å². The quantitative estimate of drug-likeness (QED) is 0.511. The summed E-state index contributed by atoms with van der Waals surface area (Å²) in [7, 11) is 0. The summed E-state index contributed by atoms with van der Waals surface area (Å²) in [5.74, 6) is -0.323. The first-order valence-corrected chi connectivity index (χ1v) is 9.63. The van der Waals surface area contributed by atoms with Crippen molar-refractivity contribution in [3.63, 3.8) is 0 Å². The van der Waals surface area contributed by atoms with Crippen molar-refractivity contribution >= 4 is 23.3 Å². The van der Waals surface area contributed by atoms with Gasteiger partial charge in [0.05, 0.1) is 11.8 Å². The van der Waals surface area contributed by atoms with Crippen LogP contribution in [0.3, 0.4) is 0 Å². The Hall–Kier alpha value is -2.37. The van der Waals surface area contributed by atoms with Gasteiger partial charge in [-0.2, -0.15) is 0 Å². The molecule has 1 heterocycles. The van der Waals surface area contributed by atoms with Gasteiger partial charge in [-0.25, -0.2) is 0 Å². The summed E-state index contributed by atoms with van der Waals surface area (Å²) in [4.78, 5) is 38.9. The molecule has 0 saturated heterocycles. The predicted octanol–water partition coefficient (Wildman–Crippen LogP) is 3.76. The zero-order valence-electron chi connectivity index (χ0n) is 16.8. The van der Waals surface area contributed by atoms with Crippen molar-refractivity contribution in [2.45, 2.75) is 66.1 Å². The fourth-order valence-corrected chi connectivity index (χ4v) is 2.89. The average molecular weight is 375 g/mol. The highest BCUT2D eigenvalue weighted by molar-refractivity contribution is 6.05. The van der Waals surface area contributed by atoms with Gasteiger partial charge in [0.25, 0.3) is 5.91 Å². The van der Waals surface area contributed by atoms with E-state index in [0.717, 1.165) is 6.42 Å². The minimum absolute atomic E-state index is 0.000800. The van der Waals surface area contributed by atoms with Crippen molar-refractivity contribution in [3.05, 3.63) is 23.8 Å². The van der Waals surface area contributed by atoms with Gasteiger partial charge in [0, 0.05) is 12.0 Å². The normalized spacial score (nSPS) is 17.3. The van der Waals surface area contributed by atoms with Crippen LogP contribution in [0.15, 0.2) is 18.2 Å². The van der Waals surface area contributed by atoms with E-state index < -0.39 is 12.1 Å². The number of anilines is 1. The highest BCUT2D eigenvalue weighted by Gasteiger charge is 2.38. The molecule has 0 radical (unpaired) electrons. The summed E-state index contributed by atoms with van der Waals surface area (Å²) in [5, 5.41) is 0. The van der Waals surface area contributed by atoms with Crippen LogP contribution in [-0.4, -0.2) is 36.4 Å². The highest BCUT2D eigenvalue weighted by atomic mass is 16.5. The number of esters is 1. The monoisotopic (exact) mass is 375 g/mol. The minimum Gasteiger partial charge on any atom is -0.478 e. The molecule has 2 unspecified atom stereocenters. The smallest absolute Gasteiger partial charge is 0.326 e. The summed E-state index contributed by atoms with van der Waals surface area (Å²) in [5.41, 5.74) is 0.954. The molecule has 148 valence electrons. The van der Waals surface area contributed by atoms with Gasteiger partial charge in [0.2, 0.25) is 0 Å². The summed E-state index contributed by atoms with van der Waals surface area (Å²) >= 11 is 0. The third-order valence-electron chi connectivity index (χ3n) is 4.61. The minimum atomic E-state index is -0.675. The van der Waals surface area contributed by atoms with E-state index in [-0.39, 0.29) is 30.3 Å². The van der Waals surface area contributed by atoms with Crippen LogP contribution in [0.4, 0.5) is 5.69 Å². The molecule has 2 rings (SSSR count). The largest absolute Gasteiger partial charge is 0.478 e. The molecule has 0 N–H and O–H groups in total. The summed E-state index contributed by atoms with van der Waals surface area (Å²) < 4.78 is 11.2. The van der Waals surface area contributed by atoms with E-state index >= 15 is 0 Å². The maximum atomic E-state index is 12.9. The third kappa shape index (κ3) is 4.87. The van der Waals surface area contributed by atoms with E-state index in [0.29, 0.717) is 29.8 Å². The fourth-order valence-electron chi connectivity index (χ4n) is 2.89. The van der Waals surface area contributed by atoms with Crippen molar-refractivity contribution in [2.24, 2.45) is 5.92 Å². The molecule has 27 heavy (non-hydrogen) atoms. The first-order valence-electron chi connectivity index (χ1n) is 9.63. The number of nitrogens with zero attached hydrogens (tertiary/aromatic N) is 1. The average Bonchev–Trinajstić information content (AvgIpc) is 2.63. The van der Waals surface area contributed by atoms with Gasteiger partial charge >= 0.3 is 5.97 Å². The molecule has 2 atom stereocenters.